The molecule has 2 atom stereocenters. The van der Waals surface area contributed by atoms with Gasteiger partial charge in [0.25, 0.3) is 0 Å². The smallest absolute Gasteiger partial charge is 0.412 e. The molecule has 0 radical (unpaired) electrons. The van der Waals surface area contributed by atoms with Crippen molar-refractivity contribution in [2.75, 3.05) is 6.61 Å². The van der Waals surface area contributed by atoms with E-state index >= 15 is 0 Å². The van der Waals surface area contributed by atoms with Crippen molar-refractivity contribution in [3.05, 3.63) is 0 Å². The summed E-state index contributed by atoms with van der Waals surface area (Å²) in [4.78, 5) is 14.0. The van der Waals surface area contributed by atoms with Crippen LogP contribution in [0.1, 0.15) is 92.9 Å². The summed E-state index contributed by atoms with van der Waals surface area (Å²) in [6.07, 6.45) is 6.98. The molecule has 0 unspecified atom stereocenters. The van der Waals surface area contributed by atoms with Crippen LogP contribution in [0.5, 0.6) is 0 Å². The topological polar surface area (TPSA) is 38.8 Å². The van der Waals surface area contributed by atoms with Crippen molar-refractivity contribution in [3.63, 3.8) is 0 Å². The Morgan fingerprint density at radius 2 is 1.76 bits per heavy atom. The van der Waals surface area contributed by atoms with E-state index in [1.807, 2.05) is 20.8 Å². The van der Waals surface area contributed by atoms with Gasteiger partial charge in [0.1, 0.15) is 17.5 Å². The van der Waals surface area contributed by atoms with Crippen LogP contribution in [0, 0.1) is 0 Å². The third-order valence-corrected chi connectivity index (χ3v) is 4.61. The van der Waals surface area contributed by atoms with Crippen LogP contribution in [0.25, 0.3) is 0 Å². The lowest BCUT2D eigenvalue weighted by Crippen LogP contribution is -2.52. The first-order chi connectivity index (χ1) is 11.6. The van der Waals surface area contributed by atoms with E-state index in [0.29, 0.717) is 6.42 Å². The van der Waals surface area contributed by atoms with E-state index in [9.17, 15) is 9.18 Å². The van der Waals surface area contributed by atoms with E-state index in [4.69, 9.17) is 9.47 Å². The number of amides is 1. The van der Waals surface area contributed by atoms with Crippen LogP contribution in [-0.4, -0.2) is 41.1 Å². The summed E-state index contributed by atoms with van der Waals surface area (Å²) in [6, 6.07) is -0.565. The molecule has 1 heterocycles. The molecule has 1 fully saturated rings. The molecule has 0 N–H and O–H groups in total. The Labute approximate surface area is 153 Å². The number of alkyl halides is 1. The molecule has 4 nitrogen and oxygen atoms in total. The molecule has 0 saturated carbocycles. The van der Waals surface area contributed by atoms with Crippen molar-refractivity contribution < 1.29 is 18.7 Å². The Kier molecular flexibility index (Phi) is 8.66. The summed E-state index contributed by atoms with van der Waals surface area (Å²) in [6.45, 7) is 11.5. The number of rotatable bonds is 9. The van der Waals surface area contributed by atoms with E-state index in [-0.39, 0.29) is 6.61 Å². The Bertz CT molecular complexity index is 406. The van der Waals surface area contributed by atoms with Gasteiger partial charge in [-0.2, -0.15) is 0 Å². The highest BCUT2D eigenvalue weighted by Gasteiger charge is 2.48. The van der Waals surface area contributed by atoms with Crippen molar-refractivity contribution in [1.29, 1.82) is 0 Å². The van der Waals surface area contributed by atoms with Crippen molar-refractivity contribution in [2.45, 2.75) is 116 Å². The van der Waals surface area contributed by atoms with Crippen molar-refractivity contribution in [1.82, 2.24) is 4.90 Å². The van der Waals surface area contributed by atoms with Crippen LogP contribution in [-0.2, 0) is 9.47 Å². The van der Waals surface area contributed by atoms with Crippen molar-refractivity contribution in [3.8, 4) is 0 Å². The number of ether oxygens (including phenoxy) is 2. The van der Waals surface area contributed by atoms with Crippen LogP contribution in [0.15, 0.2) is 0 Å². The lowest BCUT2D eigenvalue weighted by atomic mass is 10.0. The minimum absolute atomic E-state index is 0.226. The number of carbonyl (C=O) groups is 1. The van der Waals surface area contributed by atoms with Crippen LogP contribution in [0.3, 0.4) is 0 Å². The lowest BCUT2D eigenvalue weighted by molar-refractivity contribution is -0.0653. The first-order valence-electron chi connectivity index (χ1n) is 9.89. The Morgan fingerprint density at radius 1 is 1.20 bits per heavy atom. The molecule has 1 aliphatic heterocycles. The maximum Gasteiger partial charge on any atom is 0.412 e. The van der Waals surface area contributed by atoms with E-state index in [1.54, 1.807) is 13.8 Å². The fourth-order valence-electron chi connectivity index (χ4n) is 3.25. The van der Waals surface area contributed by atoms with E-state index in [2.05, 4.69) is 6.92 Å². The highest BCUT2D eigenvalue weighted by molar-refractivity contribution is 5.69. The molecule has 0 aromatic heterocycles. The summed E-state index contributed by atoms with van der Waals surface area (Å²) < 4.78 is 25.9. The molecule has 0 aromatic rings. The van der Waals surface area contributed by atoms with Crippen molar-refractivity contribution >= 4 is 6.09 Å². The van der Waals surface area contributed by atoms with E-state index in [1.165, 1.54) is 30.6 Å². The van der Waals surface area contributed by atoms with Gasteiger partial charge in [0.15, 0.2) is 0 Å². The second-order valence-corrected chi connectivity index (χ2v) is 8.60. The zero-order valence-electron chi connectivity index (χ0n) is 17.1. The van der Waals surface area contributed by atoms with Crippen LogP contribution in [0.2, 0.25) is 0 Å². The molecular formula is C20H38FNO3. The quantitative estimate of drug-likeness (QED) is 0.486. The predicted molar refractivity (Wildman–Crippen MR) is 99.4 cm³/mol. The Hall–Kier alpha value is -0.840. The minimum Gasteiger partial charge on any atom is -0.444 e. The molecule has 148 valence electrons. The molecule has 25 heavy (non-hydrogen) atoms. The first kappa shape index (κ1) is 22.2. The van der Waals surface area contributed by atoms with Crippen LogP contribution in [0.4, 0.5) is 9.18 Å². The molecule has 5 heteroatoms. The number of halogens is 1. The third-order valence-electron chi connectivity index (χ3n) is 4.61. The van der Waals surface area contributed by atoms with Gasteiger partial charge in [-0.15, -0.1) is 0 Å². The van der Waals surface area contributed by atoms with Gasteiger partial charge >= 0.3 is 6.09 Å². The maximum absolute atomic E-state index is 14.8. The summed E-state index contributed by atoms with van der Waals surface area (Å²) in [5.74, 6) is 0. The molecule has 0 aromatic carbocycles. The average Bonchev–Trinajstić information content (AvgIpc) is 2.80. The van der Waals surface area contributed by atoms with Gasteiger partial charge < -0.3 is 9.47 Å². The standard InChI is InChI=1S/C20H38FNO3/c1-7-8-9-10-11-12-13-14-16(21)17-15-24-20(5,6)22(17)18(23)25-19(2,3)4/h16-17H,7-15H2,1-6H3/t16-,17+/m1/s1. The Balaban J connectivity index is 2.49. The van der Waals surface area contributed by atoms with Gasteiger partial charge in [-0.3, -0.25) is 4.90 Å². The van der Waals surface area contributed by atoms with E-state index < -0.39 is 29.6 Å². The predicted octanol–water partition coefficient (Wildman–Crippen LogP) is 5.84. The largest absolute Gasteiger partial charge is 0.444 e. The molecule has 1 aliphatic rings. The summed E-state index contributed by atoms with van der Waals surface area (Å²) in [5.41, 5.74) is -1.44. The van der Waals surface area contributed by atoms with Gasteiger partial charge in [-0.1, -0.05) is 51.9 Å². The number of unbranched alkanes of at least 4 members (excludes halogenated alkanes) is 6. The zero-order valence-corrected chi connectivity index (χ0v) is 17.1. The minimum atomic E-state index is -1.08. The fraction of sp³-hybridized carbons (Fsp3) is 0.950. The van der Waals surface area contributed by atoms with Crippen molar-refractivity contribution in [2.24, 2.45) is 0 Å². The van der Waals surface area contributed by atoms with Crippen LogP contribution < -0.4 is 0 Å². The number of nitrogens with zero attached hydrogens (tertiary/aromatic N) is 1. The highest BCUT2D eigenvalue weighted by atomic mass is 19.1. The van der Waals surface area contributed by atoms with Gasteiger partial charge in [0.05, 0.1) is 12.6 Å². The highest BCUT2D eigenvalue weighted by Crippen LogP contribution is 2.33. The van der Waals surface area contributed by atoms with Gasteiger partial charge in [0.2, 0.25) is 0 Å². The zero-order chi connectivity index (χ0) is 19.1. The molecule has 0 bridgehead atoms. The lowest BCUT2D eigenvalue weighted by Gasteiger charge is -2.36. The van der Waals surface area contributed by atoms with Gasteiger partial charge in [-0.05, 0) is 41.0 Å². The second-order valence-electron chi connectivity index (χ2n) is 8.60. The first-order valence-corrected chi connectivity index (χ1v) is 9.89. The Morgan fingerprint density at radius 3 is 2.32 bits per heavy atom. The fourth-order valence-corrected chi connectivity index (χ4v) is 3.25. The summed E-state index contributed by atoms with van der Waals surface area (Å²) >= 11 is 0. The maximum atomic E-state index is 14.8. The molecule has 1 rings (SSSR count). The molecule has 1 amide bonds. The molecule has 0 spiro atoms. The SMILES string of the molecule is CCCCCCCCC[C@@H](F)[C@@H]1COC(C)(C)N1C(=O)OC(C)(C)C. The van der Waals surface area contributed by atoms with Crippen LogP contribution >= 0.6 is 0 Å². The number of carbonyl (C=O) groups excluding carboxylic acids is 1. The normalized spacial score (nSPS) is 21.4. The van der Waals surface area contributed by atoms with Gasteiger partial charge in [0, 0.05) is 0 Å². The molecule has 1 saturated heterocycles. The third kappa shape index (κ3) is 7.51. The van der Waals surface area contributed by atoms with Gasteiger partial charge in [-0.25, -0.2) is 9.18 Å². The molecular weight excluding hydrogens is 321 g/mol. The summed E-state index contributed by atoms with van der Waals surface area (Å²) in [7, 11) is 0. The monoisotopic (exact) mass is 359 g/mol. The molecule has 0 aliphatic carbocycles. The summed E-state index contributed by atoms with van der Waals surface area (Å²) in [5, 5.41) is 0. The average molecular weight is 360 g/mol. The van der Waals surface area contributed by atoms with E-state index in [0.717, 1.165) is 19.3 Å². The second kappa shape index (κ2) is 9.75. The number of hydrogen-bond acceptors (Lipinski definition) is 3. The number of hydrogen-bond donors (Lipinski definition) is 0.